The Hall–Kier alpha value is -2.41. The molecule has 3 aliphatic rings. The van der Waals surface area contributed by atoms with Gasteiger partial charge in [-0.05, 0) is 69.2 Å². The maximum atomic E-state index is 13.4. The van der Waals surface area contributed by atoms with Crippen LogP contribution in [-0.2, 0) is 4.79 Å². The summed E-state index contributed by atoms with van der Waals surface area (Å²) in [4.78, 5) is 27.4. The van der Waals surface area contributed by atoms with Crippen LogP contribution in [0.2, 0.25) is 5.02 Å². The number of carbonyl (C=O) groups is 2. The quantitative estimate of drug-likeness (QED) is 0.763. The minimum atomic E-state index is -0.414. The van der Waals surface area contributed by atoms with Crippen molar-refractivity contribution in [1.82, 2.24) is 15.5 Å². The molecule has 2 heterocycles. The van der Waals surface area contributed by atoms with E-state index in [1.54, 1.807) is 11.0 Å². The number of amides is 2. The summed E-state index contributed by atoms with van der Waals surface area (Å²) in [6, 6.07) is 6.03. The average molecular weight is 431 g/mol. The van der Waals surface area contributed by atoms with Gasteiger partial charge >= 0.3 is 0 Å². The molecule has 0 radical (unpaired) electrons. The molecular formula is C22H24ClFN4O2. The van der Waals surface area contributed by atoms with Crippen LogP contribution >= 0.6 is 11.6 Å². The van der Waals surface area contributed by atoms with Crippen molar-refractivity contribution < 1.29 is 14.0 Å². The third-order valence-corrected chi connectivity index (χ3v) is 7.14. The number of rotatable bonds is 4. The Morgan fingerprint density at radius 1 is 1.20 bits per heavy atom. The lowest BCUT2D eigenvalue weighted by Gasteiger charge is -2.36. The first kappa shape index (κ1) is 19.5. The first-order valence-electron chi connectivity index (χ1n) is 10.6. The van der Waals surface area contributed by atoms with E-state index in [2.05, 4.69) is 15.5 Å². The second-order valence-electron chi connectivity index (χ2n) is 8.81. The van der Waals surface area contributed by atoms with Crippen molar-refractivity contribution >= 4 is 29.1 Å². The van der Waals surface area contributed by atoms with Gasteiger partial charge in [-0.1, -0.05) is 11.6 Å². The number of nitrogens with one attached hydrogen (secondary N) is 2. The van der Waals surface area contributed by atoms with E-state index >= 15 is 0 Å². The number of halogens is 2. The summed E-state index contributed by atoms with van der Waals surface area (Å²) in [5.74, 6) is 0.0146. The summed E-state index contributed by atoms with van der Waals surface area (Å²) >= 11 is 6.18. The number of benzene rings is 1. The molecule has 5 rings (SSSR count). The normalized spacial score (nSPS) is 26.4. The van der Waals surface area contributed by atoms with Crippen LogP contribution in [0.1, 0.15) is 67.0 Å². The van der Waals surface area contributed by atoms with E-state index in [1.807, 2.05) is 6.07 Å². The van der Waals surface area contributed by atoms with Crippen LogP contribution in [0.3, 0.4) is 0 Å². The molecule has 0 atom stereocenters. The fourth-order valence-electron chi connectivity index (χ4n) is 4.84. The van der Waals surface area contributed by atoms with Crippen molar-refractivity contribution in [2.75, 3.05) is 11.4 Å². The number of aromatic nitrogens is 2. The lowest BCUT2D eigenvalue weighted by atomic mass is 9.71. The molecule has 30 heavy (non-hydrogen) atoms. The van der Waals surface area contributed by atoms with E-state index in [1.165, 1.54) is 12.1 Å². The maximum Gasteiger partial charge on any atom is 0.271 e. The Morgan fingerprint density at radius 3 is 2.67 bits per heavy atom. The third kappa shape index (κ3) is 3.49. The Balaban J connectivity index is 1.20. The Bertz CT molecular complexity index is 995. The van der Waals surface area contributed by atoms with Crippen molar-refractivity contribution in [3.8, 4) is 0 Å². The zero-order valence-electron chi connectivity index (χ0n) is 16.6. The summed E-state index contributed by atoms with van der Waals surface area (Å²) in [6.07, 6.45) is 6.01. The smallest absolute Gasteiger partial charge is 0.271 e. The highest BCUT2D eigenvalue weighted by atomic mass is 35.5. The molecule has 1 aromatic carbocycles. The fraction of sp³-hybridized carbons (Fsp3) is 0.500. The lowest BCUT2D eigenvalue weighted by Crippen LogP contribution is -2.44. The van der Waals surface area contributed by atoms with E-state index in [0.717, 1.165) is 50.6 Å². The Kier molecular flexibility index (Phi) is 4.81. The second-order valence-corrected chi connectivity index (χ2v) is 9.22. The van der Waals surface area contributed by atoms with Crippen molar-refractivity contribution in [3.63, 3.8) is 0 Å². The first-order chi connectivity index (χ1) is 14.4. The molecule has 0 bridgehead atoms. The lowest BCUT2D eigenvalue weighted by molar-refractivity contribution is -0.127. The molecule has 6 nitrogen and oxygen atoms in total. The summed E-state index contributed by atoms with van der Waals surface area (Å²) in [5.41, 5.74) is 1.63. The molecule has 1 spiro atoms. The van der Waals surface area contributed by atoms with Crippen LogP contribution in [-0.4, -0.2) is 34.6 Å². The van der Waals surface area contributed by atoms with Crippen LogP contribution in [0.15, 0.2) is 24.3 Å². The molecule has 2 aliphatic carbocycles. The van der Waals surface area contributed by atoms with Gasteiger partial charge in [0.25, 0.3) is 5.91 Å². The van der Waals surface area contributed by atoms with Crippen molar-refractivity contribution in [3.05, 3.63) is 46.5 Å². The number of anilines is 1. The fourth-order valence-corrected chi connectivity index (χ4v) is 5.11. The predicted octanol–water partition coefficient (Wildman–Crippen LogP) is 4.18. The van der Waals surface area contributed by atoms with E-state index in [-0.39, 0.29) is 22.9 Å². The van der Waals surface area contributed by atoms with Gasteiger partial charge in [0, 0.05) is 24.2 Å². The minimum absolute atomic E-state index is 0.0421. The molecule has 1 aromatic heterocycles. The third-order valence-electron chi connectivity index (χ3n) is 6.84. The van der Waals surface area contributed by atoms with Gasteiger partial charge in [0.05, 0.1) is 16.1 Å². The molecule has 1 aliphatic heterocycles. The average Bonchev–Trinajstić information content (AvgIpc) is 3.38. The van der Waals surface area contributed by atoms with Crippen LogP contribution in [0, 0.1) is 11.2 Å². The highest BCUT2D eigenvalue weighted by Crippen LogP contribution is 2.47. The maximum absolute atomic E-state index is 13.4. The molecule has 2 amide bonds. The van der Waals surface area contributed by atoms with Crippen molar-refractivity contribution in [2.24, 2.45) is 5.41 Å². The molecule has 2 N–H and O–H groups in total. The van der Waals surface area contributed by atoms with Crippen LogP contribution in [0.5, 0.6) is 0 Å². The number of hydrogen-bond acceptors (Lipinski definition) is 3. The van der Waals surface area contributed by atoms with Gasteiger partial charge in [0.2, 0.25) is 5.91 Å². The molecule has 0 unspecified atom stereocenters. The zero-order chi connectivity index (χ0) is 20.9. The number of carbonyl (C=O) groups excluding carboxylic acids is 2. The van der Waals surface area contributed by atoms with E-state index in [4.69, 9.17) is 11.6 Å². The van der Waals surface area contributed by atoms with Gasteiger partial charge < -0.3 is 10.2 Å². The monoisotopic (exact) mass is 430 g/mol. The molecular weight excluding hydrogens is 407 g/mol. The molecule has 158 valence electrons. The highest BCUT2D eigenvalue weighted by molar-refractivity contribution is 6.34. The highest BCUT2D eigenvalue weighted by Gasteiger charge is 2.49. The van der Waals surface area contributed by atoms with Gasteiger partial charge in [0.15, 0.2) is 0 Å². The first-order valence-corrected chi connectivity index (χ1v) is 11.0. The SMILES string of the molecule is O=C(NC1CCC2(CC1)CCN(c1ccc(F)cc1Cl)C2=O)c1cc(C2CC2)[nH]n1. The molecule has 1 saturated heterocycles. The van der Waals surface area contributed by atoms with E-state index in [0.29, 0.717) is 23.8 Å². The molecule has 2 aromatic rings. The van der Waals surface area contributed by atoms with Gasteiger partial charge in [-0.15, -0.1) is 0 Å². The molecule has 3 fully saturated rings. The standard InChI is InChI=1S/C22H24ClFN4O2/c23-16-11-14(24)3-4-19(16)28-10-9-22(21(28)30)7-5-15(6-8-22)25-20(29)18-12-17(26-27-18)13-1-2-13/h3-4,11-13,15H,1-2,5-10H2,(H,25,29)(H,26,27). The second kappa shape index (κ2) is 7.38. The Morgan fingerprint density at radius 2 is 1.97 bits per heavy atom. The zero-order valence-corrected chi connectivity index (χ0v) is 17.3. The van der Waals surface area contributed by atoms with E-state index < -0.39 is 11.2 Å². The number of nitrogens with zero attached hydrogens (tertiary/aromatic N) is 2. The van der Waals surface area contributed by atoms with Crippen molar-refractivity contribution in [2.45, 2.75) is 56.9 Å². The predicted molar refractivity (Wildman–Crippen MR) is 111 cm³/mol. The number of hydrogen-bond donors (Lipinski definition) is 2. The molecule has 8 heteroatoms. The van der Waals surface area contributed by atoms with Gasteiger partial charge in [-0.2, -0.15) is 5.10 Å². The summed E-state index contributed by atoms with van der Waals surface area (Å²) in [7, 11) is 0. The summed E-state index contributed by atoms with van der Waals surface area (Å²) in [5, 5.41) is 10.4. The van der Waals surface area contributed by atoms with Gasteiger partial charge in [0.1, 0.15) is 11.5 Å². The van der Waals surface area contributed by atoms with E-state index in [9.17, 15) is 14.0 Å². The summed E-state index contributed by atoms with van der Waals surface area (Å²) < 4.78 is 13.4. The Labute approximate surface area is 179 Å². The van der Waals surface area contributed by atoms with Gasteiger partial charge in [-0.3, -0.25) is 14.7 Å². The van der Waals surface area contributed by atoms with Crippen molar-refractivity contribution in [1.29, 1.82) is 0 Å². The number of aromatic amines is 1. The largest absolute Gasteiger partial charge is 0.348 e. The molecule has 2 saturated carbocycles. The van der Waals surface area contributed by atoms with Crippen LogP contribution in [0.25, 0.3) is 0 Å². The minimum Gasteiger partial charge on any atom is -0.348 e. The summed E-state index contributed by atoms with van der Waals surface area (Å²) in [6.45, 7) is 0.582. The van der Waals surface area contributed by atoms with Crippen LogP contribution < -0.4 is 10.2 Å². The van der Waals surface area contributed by atoms with Crippen LogP contribution in [0.4, 0.5) is 10.1 Å². The van der Waals surface area contributed by atoms with Gasteiger partial charge in [-0.25, -0.2) is 4.39 Å². The topological polar surface area (TPSA) is 78.1 Å². The number of H-pyrrole nitrogens is 1.